The maximum atomic E-state index is 4.97. The Bertz CT molecular complexity index is 528. The molecule has 0 radical (unpaired) electrons. The van der Waals surface area contributed by atoms with Crippen LogP contribution in [0.4, 0.5) is 0 Å². The molecular weight excluding hydrogens is 278 g/mol. The summed E-state index contributed by atoms with van der Waals surface area (Å²) in [7, 11) is 0. The van der Waals surface area contributed by atoms with Gasteiger partial charge in [0.05, 0.1) is 11.7 Å². The van der Waals surface area contributed by atoms with Crippen LogP contribution in [0.5, 0.6) is 0 Å². The highest BCUT2D eigenvalue weighted by atomic mass is 32.1. The molecule has 0 amide bonds. The molecule has 0 spiro atoms. The van der Waals surface area contributed by atoms with Crippen LogP contribution < -0.4 is 4.80 Å². The minimum atomic E-state index is 0.521. The van der Waals surface area contributed by atoms with Gasteiger partial charge in [0.15, 0.2) is 0 Å². The number of hydrogen-bond acceptors (Lipinski definition) is 3. The number of aryl methyl sites for hydroxylation is 1. The third-order valence-corrected chi connectivity index (χ3v) is 5.71. The molecule has 0 aliphatic heterocycles. The highest BCUT2D eigenvalue weighted by molar-refractivity contribution is 7.07. The maximum absolute atomic E-state index is 4.97. The molecule has 2 fully saturated rings. The minimum Gasteiger partial charge on any atom is -0.254 e. The average Bonchev–Trinajstić information content (AvgIpc) is 2.87. The first-order valence-electron chi connectivity index (χ1n) is 8.58. The molecule has 0 aromatic carbocycles. The van der Waals surface area contributed by atoms with Gasteiger partial charge in [-0.25, -0.2) is 4.68 Å². The van der Waals surface area contributed by atoms with Crippen LogP contribution in [0.25, 0.3) is 0 Å². The monoisotopic (exact) mass is 305 g/mol. The first-order valence-corrected chi connectivity index (χ1v) is 9.46. The largest absolute Gasteiger partial charge is 0.254 e. The van der Waals surface area contributed by atoms with Gasteiger partial charge in [0.1, 0.15) is 0 Å². The van der Waals surface area contributed by atoms with E-state index >= 15 is 0 Å². The van der Waals surface area contributed by atoms with Crippen LogP contribution in [-0.4, -0.2) is 16.9 Å². The molecule has 0 N–H and O–H groups in total. The van der Waals surface area contributed by atoms with Crippen LogP contribution in [-0.2, 0) is 0 Å². The van der Waals surface area contributed by atoms with Gasteiger partial charge in [-0.2, -0.15) is 5.10 Å². The molecule has 2 saturated carbocycles. The molecule has 21 heavy (non-hydrogen) atoms. The average molecular weight is 305 g/mol. The SMILES string of the molecule is Cc1csc(=NC2CCCCC2)n1N=CC1CCCCC1. The highest BCUT2D eigenvalue weighted by Crippen LogP contribution is 2.22. The lowest BCUT2D eigenvalue weighted by Crippen LogP contribution is -2.19. The van der Waals surface area contributed by atoms with E-state index in [-0.39, 0.29) is 0 Å². The summed E-state index contributed by atoms with van der Waals surface area (Å²) in [5.74, 6) is 0.674. The van der Waals surface area contributed by atoms with E-state index in [2.05, 4.69) is 23.2 Å². The van der Waals surface area contributed by atoms with Crippen molar-refractivity contribution >= 4 is 17.6 Å². The van der Waals surface area contributed by atoms with Crippen molar-refractivity contribution in [3.05, 3.63) is 15.9 Å². The van der Waals surface area contributed by atoms with E-state index in [1.54, 1.807) is 11.3 Å². The van der Waals surface area contributed by atoms with E-state index in [1.807, 2.05) is 0 Å². The van der Waals surface area contributed by atoms with Gasteiger partial charge in [-0.1, -0.05) is 38.5 Å². The molecule has 0 atom stereocenters. The van der Waals surface area contributed by atoms with Crippen LogP contribution in [0.2, 0.25) is 0 Å². The van der Waals surface area contributed by atoms with Gasteiger partial charge in [0.25, 0.3) is 0 Å². The third kappa shape index (κ3) is 4.06. The van der Waals surface area contributed by atoms with Gasteiger partial charge in [0.2, 0.25) is 4.80 Å². The molecule has 0 saturated heterocycles. The first kappa shape index (κ1) is 15.0. The summed E-state index contributed by atoms with van der Waals surface area (Å²) in [5.41, 5.74) is 1.21. The van der Waals surface area contributed by atoms with Crippen molar-refractivity contribution in [3.63, 3.8) is 0 Å². The summed E-state index contributed by atoms with van der Waals surface area (Å²) in [5, 5.41) is 6.94. The van der Waals surface area contributed by atoms with E-state index in [4.69, 9.17) is 10.1 Å². The maximum Gasteiger partial charge on any atom is 0.206 e. The lowest BCUT2D eigenvalue weighted by Gasteiger charge is -2.17. The van der Waals surface area contributed by atoms with Crippen LogP contribution in [0, 0.1) is 12.8 Å². The Labute approximate surface area is 131 Å². The predicted molar refractivity (Wildman–Crippen MR) is 89.9 cm³/mol. The van der Waals surface area contributed by atoms with E-state index in [1.165, 1.54) is 69.9 Å². The minimum absolute atomic E-state index is 0.521. The quantitative estimate of drug-likeness (QED) is 0.736. The van der Waals surface area contributed by atoms with Crippen LogP contribution in [0.1, 0.15) is 69.9 Å². The van der Waals surface area contributed by atoms with Crippen molar-refractivity contribution in [2.24, 2.45) is 16.0 Å². The summed E-state index contributed by atoms with van der Waals surface area (Å²) in [6.45, 7) is 2.13. The van der Waals surface area contributed by atoms with Crippen molar-refractivity contribution < 1.29 is 0 Å². The van der Waals surface area contributed by atoms with Crippen molar-refractivity contribution in [1.29, 1.82) is 0 Å². The lowest BCUT2D eigenvalue weighted by atomic mass is 9.90. The molecule has 2 aliphatic carbocycles. The summed E-state index contributed by atoms with van der Waals surface area (Å²) in [4.78, 5) is 6.06. The van der Waals surface area contributed by atoms with Crippen LogP contribution >= 0.6 is 11.3 Å². The number of nitrogens with zero attached hydrogens (tertiary/aromatic N) is 3. The van der Waals surface area contributed by atoms with Gasteiger partial charge in [-0.05, 0) is 38.5 Å². The Balaban J connectivity index is 1.76. The number of hydrogen-bond donors (Lipinski definition) is 0. The molecule has 1 aromatic rings. The summed E-state index contributed by atoms with van der Waals surface area (Å²) >= 11 is 1.74. The highest BCUT2D eigenvalue weighted by Gasteiger charge is 2.13. The Morgan fingerprint density at radius 1 is 1.05 bits per heavy atom. The fourth-order valence-electron chi connectivity index (χ4n) is 3.42. The van der Waals surface area contributed by atoms with Crippen molar-refractivity contribution in [1.82, 2.24) is 4.68 Å². The van der Waals surface area contributed by atoms with Crippen LogP contribution in [0.15, 0.2) is 15.5 Å². The lowest BCUT2D eigenvalue weighted by molar-refractivity contribution is 0.434. The summed E-state index contributed by atoms with van der Waals surface area (Å²) < 4.78 is 2.06. The number of aromatic nitrogens is 1. The molecule has 4 heteroatoms. The second kappa shape index (κ2) is 7.39. The van der Waals surface area contributed by atoms with E-state index in [0.717, 1.165) is 4.80 Å². The van der Waals surface area contributed by atoms with E-state index in [0.29, 0.717) is 12.0 Å². The first-order chi connectivity index (χ1) is 10.3. The zero-order valence-electron chi connectivity index (χ0n) is 13.1. The zero-order chi connectivity index (χ0) is 14.5. The number of thiazole rings is 1. The molecule has 3 rings (SSSR count). The molecule has 2 aliphatic rings. The number of rotatable bonds is 3. The summed E-state index contributed by atoms with van der Waals surface area (Å²) in [6, 6.07) is 0.521. The topological polar surface area (TPSA) is 29.6 Å². The smallest absolute Gasteiger partial charge is 0.206 e. The van der Waals surface area contributed by atoms with Crippen LogP contribution in [0.3, 0.4) is 0 Å². The Morgan fingerprint density at radius 3 is 2.43 bits per heavy atom. The Hall–Kier alpha value is -0.900. The Kier molecular flexibility index (Phi) is 5.28. The fourth-order valence-corrected chi connectivity index (χ4v) is 4.30. The normalized spacial score (nSPS) is 23.2. The molecule has 0 bridgehead atoms. The third-order valence-electron chi connectivity index (χ3n) is 4.76. The van der Waals surface area contributed by atoms with Crippen molar-refractivity contribution in [2.75, 3.05) is 0 Å². The Morgan fingerprint density at radius 2 is 1.71 bits per heavy atom. The second-order valence-corrected chi connectivity index (χ2v) is 7.39. The van der Waals surface area contributed by atoms with Gasteiger partial charge in [-0.3, -0.25) is 4.99 Å². The van der Waals surface area contributed by atoms with Crippen molar-refractivity contribution in [2.45, 2.75) is 77.2 Å². The molecule has 116 valence electrons. The molecule has 1 aromatic heterocycles. The molecular formula is C17H27N3S. The molecule has 3 nitrogen and oxygen atoms in total. The fraction of sp³-hybridized carbons (Fsp3) is 0.765. The van der Waals surface area contributed by atoms with E-state index < -0.39 is 0 Å². The van der Waals surface area contributed by atoms with E-state index in [9.17, 15) is 0 Å². The van der Waals surface area contributed by atoms with Gasteiger partial charge in [0, 0.05) is 11.6 Å². The van der Waals surface area contributed by atoms with Gasteiger partial charge in [-0.15, -0.1) is 11.3 Å². The standard InChI is InChI=1S/C17H27N3S/c1-14-13-21-17(19-16-10-6-3-7-11-16)20(14)18-12-15-8-4-2-5-9-15/h12-13,15-16H,2-11H2,1H3. The van der Waals surface area contributed by atoms with Crippen molar-refractivity contribution in [3.8, 4) is 0 Å². The summed E-state index contributed by atoms with van der Waals surface area (Å²) in [6.07, 6.45) is 15.5. The zero-order valence-corrected chi connectivity index (χ0v) is 13.9. The van der Waals surface area contributed by atoms with Gasteiger partial charge < -0.3 is 0 Å². The molecule has 0 unspecified atom stereocenters. The molecule has 1 heterocycles. The van der Waals surface area contributed by atoms with Gasteiger partial charge >= 0.3 is 0 Å². The predicted octanol–water partition coefficient (Wildman–Crippen LogP) is 4.51. The second-order valence-electron chi connectivity index (χ2n) is 6.56.